The fourth-order valence-corrected chi connectivity index (χ4v) is 3.97. The summed E-state index contributed by atoms with van der Waals surface area (Å²) in [5.74, 6) is -0.645. The predicted molar refractivity (Wildman–Crippen MR) is 85.5 cm³/mol. The molecule has 1 aromatic carbocycles. The molecule has 2 aliphatic heterocycles. The van der Waals surface area contributed by atoms with E-state index in [1.165, 1.54) is 16.7 Å². The first-order valence-electron chi connectivity index (χ1n) is 7.20. The number of amides is 3. The summed E-state index contributed by atoms with van der Waals surface area (Å²) < 4.78 is 1.99. The lowest BCUT2D eigenvalue weighted by Crippen LogP contribution is -2.47. The van der Waals surface area contributed by atoms with Gasteiger partial charge in [0, 0.05) is 11.9 Å². The van der Waals surface area contributed by atoms with Gasteiger partial charge in [-0.2, -0.15) is 0 Å². The van der Waals surface area contributed by atoms with Gasteiger partial charge >= 0.3 is 0 Å². The molecule has 0 aliphatic carbocycles. The van der Waals surface area contributed by atoms with E-state index in [9.17, 15) is 14.4 Å². The number of rotatable bonds is 2. The predicted octanol–water partition coefficient (Wildman–Crippen LogP) is 1.33. The Morgan fingerprint density at radius 1 is 1.09 bits per heavy atom. The minimum atomic E-state index is -0.749. The Labute approximate surface area is 136 Å². The summed E-state index contributed by atoms with van der Waals surface area (Å²) in [6.07, 6.45) is 1.90. The quantitative estimate of drug-likeness (QED) is 0.845. The van der Waals surface area contributed by atoms with Gasteiger partial charge in [-0.25, -0.2) is 0 Å². The lowest BCUT2D eigenvalue weighted by atomic mass is 10.2. The Bertz CT molecular complexity index is 815. The molecule has 0 radical (unpaired) electrons. The molecule has 2 aromatic rings. The molecular formula is C16H13N3O3S. The molecule has 1 N–H and O–H groups in total. The highest BCUT2D eigenvalue weighted by Crippen LogP contribution is 2.39. The van der Waals surface area contributed by atoms with Crippen molar-refractivity contribution in [1.29, 1.82) is 0 Å². The normalized spacial score (nSPS) is 20.6. The van der Waals surface area contributed by atoms with Crippen LogP contribution >= 0.6 is 11.8 Å². The third-order valence-electron chi connectivity index (χ3n) is 3.97. The number of carbonyl (C=O) groups excluding carboxylic acids is 3. The van der Waals surface area contributed by atoms with E-state index in [4.69, 9.17) is 0 Å². The van der Waals surface area contributed by atoms with Gasteiger partial charge in [0.15, 0.2) is 0 Å². The van der Waals surface area contributed by atoms with Crippen LogP contribution in [0.15, 0.2) is 47.6 Å². The second-order valence-corrected chi connectivity index (χ2v) is 6.36. The largest absolute Gasteiger partial charge is 0.310 e. The van der Waals surface area contributed by atoms with Crippen LogP contribution in [0.3, 0.4) is 0 Å². The molecule has 3 amide bonds. The van der Waals surface area contributed by atoms with E-state index in [2.05, 4.69) is 5.32 Å². The number of anilines is 1. The molecule has 1 atom stereocenters. The molecule has 6 nitrogen and oxygen atoms in total. The van der Waals surface area contributed by atoms with Crippen molar-refractivity contribution in [3.05, 3.63) is 42.6 Å². The van der Waals surface area contributed by atoms with Gasteiger partial charge in [-0.1, -0.05) is 30.0 Å². The summed E-state index contributed by atoms with van der Waals surface area (Å²) in [7, 11) is 0. The maximum Gasteiger partial charge on any atom is 0.250 e. The lowest BCUT2D eigenvalue weighted by molar-refractivity contribution is -0.126. The van der Waals surface area contributed by atoms with Gasteiger partial charge in [0.05, 0.1) is 17.9 Å². The summed E-state index contributed by atoms with van der Waals surface area (Å²) in [6, 6.07) is 10.9. The van der Waals surface area contributed by atoms with E-state index in [1.54, 1.807) is 0 Å². The van der Waals surface area contributed by atoms with E-state index < -0.39 is 11.9 Å². The highest BCUT2D eigenvalue weighted by atomic mass is 32.2. The molecule has 0 saturated carbocycles. The molecule has 1 fully saturated rings. The first-order chi connectivity index (χ1) is 11.1. The smallest absolute Gasteiger partial charge is 0.250 e. The Morgan fingerprint density at radius 3 is 2.57 bits per heavy atom. The van der Waals surface area contributed by atoms with Crippen molar-refractivity contribution in [3.8, 4) is 5.69 Å². The van der Waals surface area contributed by atoms with Gasteiger partial charge < -0.3 is 4.57 Å². The number of imide groups is 1. The number of thioether (sulfide) groups is 1. The molecule has 4 rings (SSSR count). The van der Waals surface area contributed by atoms with Crippen molar-refractivity contribution >= 4 is 35.2 Å². The zero-order valence-corrected chi connectivity index (χ0v) is 12.9. The first-order valence-corrected chi connectivity index (χ1v) is 8.19. The number of aromatic nitrogens is 1. The van der Waals surface area contributed by atoms with Gasteiger partial charge in [-0.3, -0.25) is 24.6 Å². The monoisotopic (exact) mass is 327 g/mol. The van der Waals surface area contributed by atoms with Crippen LogP contribution in [0.2, 0.25) is 0 Å². The zero-order chi connectivity index (χ0) is 16.0. The highest BCUT2D eigenvalue weighted by Gasteiger charge is 2.41. The van der Waals surface area contributed by atoms with Crippen molar-refractivity contribution in [2.75, 3.05) is 10.7 Å². The van der Waals surface area contributed by atoms with Crippen LogP contribution in [0.25, 0.3) is 5.69 Å². The molecule has 0 spiro atoms. The van der Waals surface area contributed by atoms with Gasteiger partial charge in [0.1, 0.15) is 11.1 Å². The van der Waals surface area contributed by atoms with Crippen molar-refractivity contribution < 1.29 is 14.4 Å². The van der Waals surface area contributed by atoms with E-state index in [1.807, 2.05) is 47.2 Å². The third kappa shape index (κ3) is 2.24. The highest BCUT2D eigenvalue weighted by molar-refractivity contribution is 8.00. The van der Waals surface area contributed by atoms with Gasteiger partial charge in [-0.05, 0) is 18.2 Å². The molecule has 1 aromatic heterocycles. The topological polar surface area (TPSA) is 71.4 Å². The summed E-state index contributed by atoms with van der Waals surface area (Å²) >= 11 is 1.44. The number of nitrogens with zero attached hydrogens (tertiary/aromatic N) is 2. The summed E-state index contributed by atoms with van der Waals surface area (Å²) in [4.78, 5) is 37.3. The Hall–Kier alpha value is -2.54. The minimum Gasteiger partial charge on any atom is -0.310 e. The Kier molecular flexibility index (Phi) is 3.23. The average molecular weight is 327 g/mol. The first kappa shape index (κ1) is 14.1. The van der Waals surface area contributed by atoms with E-state index in [0.717, 1.165) is 10.7 Å². The maximum atomic E-state index is 12.3. The number of fused-ring (bicyclic) bond motifs is 1. The lowest BCUT2D eigenvalue weighted by Gasteiger charge is -2.30. The molecule has 7 heteroatoms. The third-order valence-corrected chi connectivity index (χ3v) is 5.04. The number of carbonyl (C=O) groups is 3. The number of hydrogen-bond acceptors (Lipinski definition) is 4. The maximum absolute atomic E-state index is 12.3. The van der Waals surface area contributed by atoms with Gasteiger partial charge in [0.2, 0.25) is 17.7 Å². The van der Waals surface area contributed by atoms with Crippen molar-refractivity contribution in [2.24, 2.45) is 0 Å². The van der Waals surface area contributed by atoms with Crippen molar-refractivity contribution in [3.63, 3.8) is 0 Å². The van der Waals surface area contributed by atoms with Crippen molar-refractivity contribution in [1.82, 2.24) is 9.88 Å². The van der Waals surface area contributed by atoms with E-state index >= 15 is 0 Å². The average Bonchev–Trinajstić information content (AvgIpc) is 3.11. The Morgan fingerprint density at radius 2 is 1.87 bits per heavy atom. The van der Waals surface area contributed by atoms with E-state index in [-0.39, 0.29) is 24.0 Å². The van der Waals surface area contributed by atoms with Crippen LogP contribution in [-0.2, 0) is 14.4 Å². The van der Waals surface area contributed by atoms with Crippen LogP contribution in [0.4, 0.5) is 5.69 Å². The fraction of sp³-hybridized carbons (Fsp3) is 0.188. The molecule has 3 heterocycles. The van der Waals surface area contributed by atoms with Crippen LogP contribution in [-0.4, -0.2) is 34.1 Å². The second kappa shape index (κ2) is 5.27. The Balaban J connectivity index is 1.78. The van der Waals surface area contributed by atoms with Crippen LogP contribution in [0, 0.1) is 0 Å². The zero-order valence-electron chi connectivity index (χ0n) is 12.1. The molecule has 1 saturated heterocycles. The molecule has 1 unspecified atom stereocenters. The summed E-state index contributed by atoms with van der Waals surface area (Å²) in [6.45, 7) is 0. The minimum absolute atomic E-state index is 0.0190. The molecule has 2 aliphatic rings. The van der Waals surface area contributed by atoms with Crippen LogP contribution < -0.4 is 10.2 Å². The summed E-state index contributed by atoms with van der Waals surface area (Å²) in [5, 5.41) is 3.17. The SMILES string of the molecule is O=C1CC(N2C(=O)CSc3c2ccn3-c2ccccc2)C(=O)N1. The second-order valence-electron chi connectivity index (χ2n) is 5.40. The van der Waals surface area contributed by atoms with Crippen molar-refractivity contribution in [2.45, 2.75) is 17.5 Å². The summed E-state index contributed by atoms with van der Waals surface area (Å²) in [5.41, 5.74) is 1.67. The number of para-hydroxylation sites is 1. The molecule has 116 valence electrons. The number of hydrogen-bond donors (Lipinski definition) is 1. The standard InChI is InChI=1S/C16H13N3O3S/c20-13-8-12(15(22)17-13)19-11-6-7-18(10-4-2-1-3-5-10)16(11)23-9-14(19)21/h1-7,12H,8-9H2,(H,17,20,22). The number of nitrogens with one attached hydrogen (secondary N) is 1. The van der Waals surface area contributed by atoms with Crippen LogP contribution in [0.1, 0.15) is 6.42 Å². The molecular weight excluding hydrogens is 314 g/mol. The number of benzene rings is 1. The molecule has 23 heavy (non-hydrogen) atoms. The molecule has 0 bridgehead atoms. The fourth-order valence-electron chi connectivity index (χ4n) is 2.95. The van der Waals surface area contributed by atoms with Gasteiger partial charge in [0.25, 0.3) is 0 Å². The van der Waals surface area contributed by atoms with Crippen LogP contribution in [0.5, 0.6) is 0 Å². The van der Waals surface area contributed by atoms with Gasteiger partial charge in [-0.15, -0.1) is 0 Å². The van der Waals surface area contributed by atoms with E-state index in [0.29, 0.717) is 5.69 Å².